The number of carboxylic acid groups (broad SMARTS) is 1. The SMILES string of the molecule is CC(C)C1CC(OCCO)(C(=O)O)C1. The lowest BCUT2D eigenvalue weighted by Gasteiger charge is -2.45. The Morgan fingerprint density at radius 2 is 2.14 bits per heavy atom. The molecule has 0 aromatic carbocycles. The van der Waals surface area contributed by atoms with Crippen molar-refractivity contribution in [2.24, 2.45) is 11.8 Å². The maximum Gasteiger partial charge on any atom is 0.335 e. The zero-order chi connectivity index (χ0) is 10.8. The molecule has 1 aliphatic rings. The van der Waals surface area contributed by atoms with Gasteiger partial charge in [0.05, 0.1) is 13.2 Å². The summed E-state index contributed by atoms with van der Waals surface area (Å²) >= 11 is 0. The van der Waals surface area contributed by atoms with Crippen LogP contribution in [0.3, 0.4) is 0 Å². The molecule has 0 bridgehead atoms. The fourth-order valence-corrected chi connectivity index (χ4v) is 1.85. The molecule has 1 saturated carbocycles. The number of rotatable bonds is 5. The van der Waals surface area contributed by atoms with Crippen molar-refractivity contribution in [2.45, 2.75) is 32.3 Å². The standard InChI is InChI=1S/C10H18O4/c1-7(2)8-5-10(6-8,9(12)13)14-4-3-11/h7-8,11H,3-6H2,1-2H3,(H,12,13). The fourth-order valence-electron chi connectivity index (χ4n) is 1.85. The topological polar surface area (TPSA) is 66.8 Å². The van der Waals surface area contributed by atoms with Crippen molar-refractivity contribution >= 4 is 5.97 Å². The van der Waals surface area contributed by atoms with Crippen LogP contribution >= 0.6 is 0 Å². The van der Waals surface area contributed by atoms with Gasteiger partial charge in [-0.05, 0) is 24.7 Å². The zero-order valence-corrected chi connectivity index (χ0v) is 8.69. The van der Waals surface area contributed by atoms with E-state index in [4.69, 9.17) is 14.9 Å². The van der Waals surface area contributed by atoms with Gasteiger partial charge in [-0.3, -0.25) is 0 Å². The summed E-state index contributed by atoms with van der Waals surface area (Å²) < 4.78 is 5.21. The Kier molecular flexibility index (Phi) is 3.50. The van der Waals surface area contributed by atoms with Crippen LogP contribution in [0.25, 0.3) is 0 Å². The molecule has 0 atom stereocenters. The van der Waals surface area contributed by atoms with Crippen molar-refractivity contribution < 1.29 is 19.7 Å². The largest absolute Gasteiger partial charge is 0.479 e. The van der Waals surface area contributed by atoms with Crippen molar-refractivity contribution in [3.63, 3.8) is 0 Å². The molecule has 1 rings (SSSR count). The van der Waals surface area contributed by atoms with E-state index in [2.05, 4.69) is 13.8 Å². The lowest BCUT2D eigenvalue weighted by atomic mass is 9.66. The molecule has 14 heavy (non-hydrogen) atoms. The average molecular weight is 202 g/mol. The third-order valence-corrected chi connectivity index (χ3v) is 2.99. The predicted molar refractivity (Wildman–Crippen MR) is 51.0 cm³/mol. The first-order chi connectivity index (χ1) is 6.52. The lowest BCUT2D eigenvalue weighted by molar-refractivity contribution is -0.192. The summed E-state index contributed by atoms with van der Waals surface area (Å²) in [6.45, 7) is 4.16. The van der Waals surface area contributed by atoms with Gasteiger partial charge in [-0.2, -0.15) is 0 Å². The van der Waals surface area contributed by atoms with Crippen molar-refractivity contribution in [1.82, 2.24) is 0 Å². The van der Waals surface area contributed by atoms with Crippen LogP contribution in [0.15, 0.2) is 0 Å². The molecule has 1 fully saturated rings. The van der Waals surface area contributed by atoms with E-state index < -0.39 is 11.6 Å². The molecule has 4 nitrogen and oxygen atoms in total. The minimum absolute atomic E-state index is 0.108. The second-order valence-electron chi connectivity index (χ2n) is 4.28. The number of hydrogen-bond acceptors (Lipinski definition) is 3. The predicted octanol–water partition coefficient (Wildman–Crippen LogP) is 0.885. The number of aliphatic hydroxyl groups excluding tert-OH is 1. The van der Waals surface area contributed by atoms with E-state index in [1.165, 1.54) is 0 Å². The highest BCUT2D eigenvalue weighted by Crippen LogP contribution is 2.44. The number of aliphatic carboxylic acids is 1. The van der Waals surface area contributed by atoms with Gasteiger partial charge in [0.1, 0.15) is 0 Å². The summed E-state index contributed by atoms with van der Waals surface area (Å²) in [5.74, 6) is 0.0350. The molecule has 82 valence electrons. The summed E-state index contributed by atoms with van der Waals surface area (Å²) in [4.78, 5) is 11.0. The molecular weight excluding hydrogens is 184 g/mol. The summed E-state index contributed by atoms with van der Waals surface area (Å²) in [5.41, 5.74) is -1.02. The van der Waals surface area contributed by atoms with Gasteiger partial charge in [0.25, 0.3) is 0 Å². The third-order valence-electron chi connectivity index (χ3n) is 2.99. The Balaban J connectivity index is 2.49. The van der Waals surface area contributed by atoms with E-state index in [-0.39, 0.29) is 13.2 Å². The number of carboxylic acids is 1. The van der Waals surface area contributed by atoms with Crippen LogP contribution in [0.2, 0.25) is 0 Å². The Morgan fingerprint density at radius 3 is 2.50 bits per heavy atom. The Labute approximate surface area is 83.9 Å². The van der Waals surface area contributed by atoms with Gasteiger partial charge in [0.15, 0.2) is 5.60 Å². The molecule has 0 aromatic rings. The van der Waals surface area contributed by atoms with Crippen molar-refractivity contribution in [3.8, 4) is 0 Å². The van der Waals surface area contributed by atoms with Crippen LogP contribution in [0.5, 0.6) is 0 Å². The highest BCUT2D eigenvalue weighted by atomic mass is 16.5. The summed E-state index contributed by atoms with van der Waals surface area (Å²) in [5, 5.41) is 17.6. The van der Waals surface area contributed by atoms with Gasteiger partial charge in [-0.15, -0.1) is 0 Å². The first kappa shape index (κ1) is 11.5. The Bertz CT molecular complexity index is 206. The normalized spacial score (nSPS) is 31.6. The summed E-state index contributed by atoms with van der Waals surface area (Å²) in [6, 6.07) is 0. The Hall–Kier alpha value is -0.610. The molecule has 4 heteroatoms. The molecular formula is C10H18O4. The monoisotopic (exact) mass is 202 g/mol. The number of aliphatic hydroxyl groups is 1. The first-order valence-corrected chi connectivity index (χ1v) is 5.00. The maximum absolute atomic E-state index is 11.0. The maximum atomic E-state index is 11.0. The third kappa shape index (κ3) is 2.07. The van der Waals surface area contributed by atoms with Crippen LogP contribution in [0.1, 0.15) is 26.7 Å². The van der Waals surface area contributed by atoms with E-state index in [0.29, 0.717) is 24.7 Å². The van der Waals surface area contributed by atoms with Crippen LogP contribution < -0.4 is 0 Å². The van der Waals surface area contributed by atoms with Gasteiger partial charge in [-0.25, -0.2) is 4.79 Å². The van der Waals surface area contributed by atoms with E-state index >= 15 is 0 Å². The number of carbonyl (C=O) groups is 1. The highest BCUT2D eigenvalue weighted by molar-refractivity contribution is 5.78. The average Bonchev–Trinajstić information content (AvgIpc) is 2.01. The van der Waals surface area contributed by atoms with Crippen molar-refractivity contribution in [2.75, 3.05) is 13.2 Å². The van der Waals surface area contributed by atoms with Gasteiger partial charge < -0.3 is 14.9 Å². The molecule has 1 aliphatic carbocycles. The van der Waals surface area contributed by atoms with Crippen LogP contribution in [-0.4, -0.2) is 35.0 Å². The van der Waals surface area contributed by atoms with E-state index in [1.807, 2.05) is 0 Å². The van der Waals surface area contributed by atoms with Crippen LogP contribution in [-0.2, 0) is 9.53 Å². The summed E-state index contributed by atoms with van der Waals surface area (Å²) in [6.07, 6.45) is 1.14. The van der Waals surface area contributed by atoms with E-state index in [0.717, 1.165) is 0 Å². The van der Waals surface area contributed by atoms with Crippen molar-refractivity contribution in [3.05, 3.63) is 0 Å². The molecule has 0 spiro atoms. The Morgan fingerprint density at radius 1 is 1.57 bits per heavy atom. The molecule has 2 N–H and O–H groups in total. The van der Waals surface area contributed by atoms with E-state index in [1.54, 1.807) is 0 Å². The first-order valence-electron chi connectivity index (χ1n) is 5.00. The highest BCUT2D eigenvalue weighted by Gasteiger charge is 2.52. The molecule has 0 heterocycles. The van der Waals surface area contributed by atoms with Gasteiger partial charge in [-0.1, -0.05) is 13.8 Å². The van der Waals surface area contributed by atoms with E-state index in [9.17, 15) is 4.79 Å². The van der Waals surface area contributed by atoms with Gasteiger partial charge in [0, 0.05) is 0 Å². The molecule has 0 unspecified atom stereocenters. The molecule has 0 saturated heterocycles. The minimum Gasteiger partial charge on any atom is -0.479 e. The quantitative estimate of drug-likeness (QED) is 0.694. The van der Waals surface area contributed by atoms with Crippen LogP contribution in [0.4, 0.5) is 0 Å². The second kappa shape index (κ2) is 4.28. The second-order valence-corrected chi connectivity index (χ2v) is 4.28. The van der Waals surface area contributed by atoms with Gasteiger partial charge >= 0.3 is 5.97 Å². The van der Waals surface area contributed by atoms with Crippen LogP contribution in [0, 0.1) is 11.8 Å². The number of hydrogen-bond donors (Lipinski definition) is 2. The smallest absolute Gasteiger partial charge is 0.335 e. The van der Waals surface area contributed by atoms with Gasteiger partial charge in [0.2, 0.25) is 0 Å². The number of ether oxygens (including phenoxy) is 1. The molecule has 0 radical (unpaired) electrons. The fraction of sp³-hybridized carbons (Fsp3) is 0.900. The lowest BCUT2D eigenvalue weighted by Crippen LogP contribution is -2.54. The molecule has 0 aliphatic heterocycles. The van der Waals surface area contributed by atoms with Crippen molar-refractivity contribution in [1.29, 1.82) is 0 Å². The zero-order valence-electron chi connectivity index (χ0n) is 8.69. The summed E-state index contributed by atoms with van der Waals surface area (Å²) in [7, 11) is 0. The molecule has 0 amide bonds. The minimum atomic E-state index is -1.02. The molecule has 0 aromatic heterocycles.